The zero-order valence-corrected chi connectivity index (χ0v) is 16.2. The Bertz CT molecular complexity index is 802. The lowest BCUT2D eigenvalue weighted by Gasteiger charge is -2.41. The molecule has 0 radical (unpaired) electrons. The zero-order chi connectivity index (χ0) is 17.8. The van der Waals surface area contributed by atoms with Crippen LogP contribution >= 0.6 is 11.3 Å². The monoisotopic (exact) mass is 366 g/mol. The smallest absolute Gasteiger partial charge is 0.0945 e. The minimum absolute atomic E-state index is 0.0763. The summed E-state index contributed by atoms with van der Waals surface area (Å²) in [6.07, 6.45) is 9.26. The van der Waals surface area contributed by atoms with Gasteiger partial charge in [-0.05, 0) is 51.4 Å². The van der Waals surface area contributed by atoms with Gasteiger partial charge >= 0.3 is 0 Å². The molecule has 26 heavy (non-hydrogen) atoms. The number of thiazole rings is 1. The number of likely N-dealkylation sites (tertiary alicyclic amines) is 1. The van der Waals surface area contributed by atoms with Crippen LogP contribution in [0.4, 0.5) is 0 Å². The fourth-order valence-corrected chi connectivity index (χ4v) is 4.80. The minimum atomic E-state index is 0.0763. The van der Waals surface area contributed by atoms with Gasteiger partial charge in [-0.15, -0.1) is 11.3 Å². The molecule has 0 spiro atoms. The Labute approximate surface area is 159 Å². The van der Waals surface area contributed by atoms with E-state index >= 15 is 0 Å². The third kappa shape index (κ3) is 3.60. The average molecular weight is 367 g/mol. The Morgan fingerprint density at radius 3 is 2.58 bits per heavy atom. The third-order valence-electron chi connectivity index (χ3n) is 5.60. The summed E-state index contributed by atoms with van der Waals surface area (Å²) >= 11 is 1.77. The van der Waals surface area contributed by atoms with Crippen molar-refractivity contribution in [2.45, 2.75) is 38.1 Å². The van der Waals surface area contributed by atoms with E-state index in [1.807, 2.05) is 18.7 Å². The van der Waals surface area contributed by atoms with E-state index in [0.29, 0.717) is 0 Å². The summed E-state index contributed by atoms with van der Waals surface area (Å²) in [7, 11) is 0. The fraction of sp³-hybridized carbons (Fsp3) is 0.429. The van der Waals surface area contributed by atoms with Gasteiger partial charge in [0.25, 0.3) is 0 Å². The molecule has 0 atom stereocenters. The lowest BCUT2D eigenvalue weighted by atomic mass is 9.70. The number of aromatic nitrogens is 3. The first-order valence-electron chi connectivity index (χ1n) is 9.42. The number of benzene rings is 1. The van der Waals surface area contributed by atoms with Crippen LogP contribution in [-0.2, 0) is 12.0 Å². The van der Waals surface area contributed by atoms with Crippen LogP contribution in [0, 0.1) is 6.92 Å². The van der Waals surface area contributed by atoms with Crippen molar-refractivity contribution < 1.29 is 0 Å². The number of rotatable bonds is 6. The van der Waals surface area contributed by atoms with Crippen LogP contribution in [0.5, 0.6) is 0 Å². The summed E-state index contributed by atoms with van der Waals surface area (Å²) in [4.78, 5) is 11.6. The highest BCUT2D eigenvalue weighted by Crippen LogP contribution is 2.41. The Balaban J connectivity index is 1.44. The first kappa shape index (κ1) is 17.4. The Kier molecular flexibility index (Phi) is 5.18. The molecule has 1 saturated heterocycles. The Morgan fingerprint density at radius 2 is 1.92 bits per heavy atom. The molecular weight excluding hydrogens is 340 g/mol. The van der Waals surface area contributed by atoms with E-state index in [2.05, 4.69) is 57.1 Å². The molecule has 5 heteroatoms. The molecule has 0 N–H and O–H groups in total. The number of hydrogen-bond acceptors (Lipinski definition) is 4. The maximum atomic E-state index is 4.89. The predicted octanol–water partition coefficient (Wildman–Crippen LogP) is 4.12. The molecule has 0 bridgehead atoms. The molecule has 0 saturated carbocycles. The first-order valence-corrected chi connectivity index (χ1v) is 10.3. The van der Waals surface area contributed by atoms with Gasteiger partial charge in [0.1, 0.15) is 0 Å². The van der Waals surface area contributed by atoms with Crippen molar-refractivity contribution in [2.75, 3.05) is 19.6 Å². The summed E-state index contributed by atoms with van der Waals surface area (Å²) in [6.45, 7) is 6.58. The standard InChI is InChI=1S/C21H26N4S/c1-18-23-20(16-26-18)21(19-6-3-2-4-7-19)8-13-24(14-9-21)11-5-12-25-15-10-22-17-25/h2-4,6-7,10,15-17H,5,8-9,11-14H2,1H3. The highest BCUT2D eigenvalue weighted by molar-refractivity contribution is 7.09. The highest BCUT2D eigenvalue weighted by atomic mass is 32.1. The molecule has 1 aliphatic heterocycles. The average Bonchev–Trinajstić information content (AvgIpc) is 3.35. The van der Waals surface area contributed by atoms with E-state index in [1.54, 1.807) is 11.3 Å². The third-order valence-corrected chi connectivity index (χ3v) is 6.37. The van der Waals surface area contributed by atoms with E-state index in [-0.39, 0.29) is 5.41 Å². The molecule has 1 aromatic carbocycles. The van der Waals surface area contributed by atoms with Crippen molar-refractivity contribution in [2.24, 2.45) is 0 Å². The molecule has 136 valence electrons. The van der Waals surface area contributed by atoms with Crippen LogP contribution in [0.1, 0.15) is 35.5 Å². The molecule has 1 aliphatic rings. The van der Waals surface area contributed by atoms with Crippen molar-refractivity contribution in [1.29, 1.82) is 0 Å². The minimum Gasteiger partial charge on any atom is -0.337 e. The number of aryl methyl sites for hydroxylation is 2. The van der Waals surface area contributed by atoms with Gasteiger partial charge in [-0.25, -0.2) is 9.97 Å². The van der Waals surface area contributed by atoms with Gasteiger partial charge in [0, 0.05) is 29.7 Å². The summed E-state index contributed by atoms with van der Waals surface area (Å²) in [5.74, 6) is 0. The van der Waals surface area contributed by atoms with Crippen molar-refractivity contribution in [3.63, 3.8) is 0 Å². The van der Waals surface area contributed by atoms with E-state index < -0.39 is 0 Å². The van der Waals surface area contributed by atoms with E-state index in [0.717, 1.165) is 44.0 Å². The van der Waals surface area contributed by atoms with E-state index in [1.165, 1.54) is 17.7 Å². The van der Waals surface area contributed by atoms with Gasteiger partial charge in [-0.3, -0.25) is 0 Å². The molecule has 3 aromatic rings. The quantitative estimate of drug-likeness (QED) is 0.658. The van der Waals surface area contributed by atoms with Gasteiger partial charge in [0.05, 0.1) is 17.0 Å². The van der Waals surface area contributed by atoms with Crippen LogP contribution < -0.4 is 0 Å². The zero-order valence-electron chi connectivity index (χ0n) is 15.3. The van der Waals surface area contributed by atoms with Gasteiger partial charge in [-0.1, -0.05) is 30.3 Å². The molecule has 0 amide bonds. The summed E-state index contributed by atoms with van der Waals surface area (Å²) in [6, 6.07) is 11.0. The Morgan fingerprint density at radius 1 is 1.12 bits per heavy atom. The second-order valence-corrected chi connectivity index (χ2v) is 8.26. The maximum absolute atomic E-state index is 4.89. The number of nitrogens with zero attached hydrogens (tertiary/aromatic N) is 4. The largest absolute Gasteiger partial charge is 0.337 e. The summed E-state index contributed by atoms with van der Waals surface area (Å²) in [5, 5.41) is 3.44. The topological polar surface area (TPSA) is 34.0 Å². The van der Waals surface area contributed by atoms with Crippen molar-refractivity contribution in [3.05, 3.63) is 70.7 Å². The molecule has 2 aromatic heterocycles. The van der Waals surface area contributed by atoms with Crippen molar-refractivity contribution >= 4 is 11.3 Å². The van der Waals surface area contributed by atoms with E-state index in [9.17, 15) is 0 Å². The summed E-state index contributed by atoms with van der Waals surface area (Å²) < 4.78 is 2.16. The van der Waals surface area contributed by atoms with Gasteiger partial charge in [0.15, 0.2) is 0 Å². The van der Waals surface area contributed by atoms with Crippen molar-refractivity contribution in [3.8, 4) is 0 Å². The predicted molar refractivity (Wildman–Crippen MR) is 107 cm³/mol. The summed E-state index contributed by atoms with van der Waals surface area (Å²) in [5.41, 5.74) is 2.76. The molecule has 4 nitrogen and oxygen atoms in total. The molecular formula is C21H26N4S. The number of hydrogen-bond donors (Lipinski definition) is 0. The van der Waals surface area contributed by atoms with E-state index in [4.69, 9.17) is 4.98 Å². The molecule has 0 unspecified atom stereocenters. The van der Waals surface area contributed by atoms with Crippen molar-refractivity contribution in [1.82, 2.24) is 19.4 Å². The lowest BCUT2D eigenvalue weighted by Crippen LogP contribution is -2.44. The van der Waals surface area contributed by atoms with Crippen LogP contribution in [0.15, 0.2) is 54.4 Å². The number of piperidine rings is 1. The second kappa shape index (κ2) is 7.72. The fourth-order valence-electron chi connectivity index (χ4n) is 4.09. The maximum Gasteiger partial charge on any atom is 0.0945 e. The van der Waals surface area contributed by atoms with Gasteiger partial charge < -0.3 is 9.47 Å². The van der Waals surface area contributed by atoms with Gasteiger partial charge in [0.2, 0.25) is 0 Å². The number of imidazole rings is 1. The molecule has 1 fully saturated rings. The van der Waals surface area contributed by atoms with Crippen LogP contribution in [-0.4, -0.2) is 39.1 Å². The first-order chi connectivity index (χ1) is 12.8. The Hall–Kier alpha value is -1.98. The lowest BCUT2D eigenvalue weighted by molar-refractivity contribution is 0.173. The highest BCUT2D eigenvalue weighted by Gasteiger charge is 2.39. The second-order valence-electron chi connectivity index (χ2n) is 7.20. The SMILES string of the molecule is Cc1nc(C2(c3ccccc3)CCN(CCCn3ccnc3)CC2)cs1. The molecule has 3 heterocycles. The van der Waals surface area contributed by atoms with Crippen LogP contribution in [0.3, 0.4) is 0 Å². The normalized spacial score (nSPS) is 17.4. The van der Waals surface area contributed by atoms with Crippen LogP contribution in [0.2, 0.25) is 0 Å². The molecule has 4 rings (SSSR count). The molecule has 0 aliphatic carbocycles. The van der Waals surface area contributed by atoms with Gasteiger partial charge in [-0.2, -0.15) is 0 Å². The van der Waals surface area contributed by atoms with Crippen LogP contribution in [0.25, 0.3) is 0 Å².